The largest absolute Gasteiger partial charge is 0.381 e. The standard InChI is InChI=1S/C26H32N4O4S/c31-23(21-10-13-27-35-21)30-22(17-6-4-2-1-3-5-7-17)24(32)28-18-8-9-19-20(16-18)29-25(33)26(19)11-14-34-15-12-26/h8-10,13,16-17,22H,1-7,11-12,14-15H2,(H,28,32)(H,29,33)(H,30,31). The zero-order chi connectivity index (χ0) is 24.3. The highest BCUT2D eigenvalue weighted by molar-refractivity contribution is 7.08. The molecule has 3 heterocycles. The molecule has 1 unspecified atom stereocenters. The van der Waals surface area contributed by atoms with Crippen molar-refractivity contribution in [3.05, 3.63) is 40.9 Å². The first-order chi connectivity index (χ1) is 17.1. The van der Waals surface area contributed by atoms with Crippen molar-refractivity contribution < 1.29 is 19.1 Å². The minimum Gasteiger partial charge on any atom is -0.381 e. The molecule has 5 rings (SSSR count). The van der Waals surface area contributed by atoms with Gasteiger partial charge in [-0.15, -0.1) is 0 Å². The van der Waals surface area contributed by atoms with Crippen LogP contribution in [0.25, 0.3) is 0 Å². The van der Waals surface area contributed by atoms with E-state index in [9.17, 15) is 14.4 Å². The molecule has 1 spiro atoms. The van der Waals surface area contributed by atoms with E-state index in [0.717, 1.165) is 61.3 Å². The zero-order valence-electron chi connectivity index (χ0n) is 19.8. The number of ether oxygens (including phenoxy) is 1. The molecule has 2 aromatic rings. The second-order valence-electron chi connectivity index (χ2n) is 9.83. The Balaban J connectivity index is 1.35. The molecule has 1 saturated carbocycles. The van der Waals surface area contributed by atoms with Crippen LogP contribution in [-0.4, -0.2) is 41.4 Å². The van der Waals surface area contributed by atoms with Gasteiger partial charge in [0, 0.05) is 30.8 Å². The van der Waals surface area contributed by atoms with E-state index in [1.807, 2.05) is 18.2 Å². The first-order valence-electron chi connectivity index (χ1n) is 12.6. The van der Waals surface area contributed by atoms with Gasteiger partial charge in [-0.2, -0.15) is 0 Å². The molecule has 1 aromatic heterocycles. The molecule has 3 N–H and O–H groups in total. The van der Waals surface area contributed by atoms with E-state index < -0.39 is 11.5 Å². The molecule has 1 aliphatic carbocycles. The lowest BCUT2D eigenvalue weighted by Gasteiger charge is -2.31. The SMILES string of the molecule is O=C(NC(C(=O)Nc1ccc2c(c1)NC(=O)C21CCOCC1)C1CCCCCCC1)c1ccns1. The Hall–Kier alpha value is -2.78. The minimum absolute atomic E-state index is 0.00324. The second-order valence-corrected chi connectivity index (χ2v) is 10.7. The fourth-order valence-electron chi connectivity index (χ4n) is 5.71. The maximum atomic E-state index is 13.5. The Morgan fingerprint density at radius 3 is 2.54 bits per heavy atom. The summed E-state index contributed by atoms with van der Waals surface area (Å²) in [4.78, 5) is 39.7. The molecule has 2 fully saturated rings. The number of hydrogen-bond donors (Lipinski definition) is 3. The van der Waals surface area contributed by atoms with Crippen LogP contribution in [0.5, 0.6) is 0 Å². The molecule has 0 bridgehead atoms. The normalized spacial score (nSPS) is 20.9. The van der Waals surface area contributed by atoms with Crippen molar-refractivity contribution in [2.24, 2.45) is 5.92 Å². The Morgan fingerprint density at radius 1 is 1.09 bits per heavy atom. The number of rotatable bonds is 5. The molecule has 1 aromatic carbocycles. The summed E-state index contributed by atoms with van der Waals surface area (Å²) in [6.07, 6.45) is 10.4. The van der Waals surface area contributed by atoms with Crippen molar-refractivity contribution in [1.82, 2.24) is 9.69 Å². The van der Waals surface area contributed by atoms with Gasteiger partial charge in [0.25, 0.3) is 5.91 Å². The number of hydrogen-bond acceptors (Lipinski definition) is 6. The molecule has 35 heavy (non-hydrogen) atoms. The van der Waals surface area contributed by atoms with Gasteiger partial charge in [-0.1, -0.05) is 38.2 Å². The van der Waals surface area contributed by atoms with Gasteiger partial charge >= 0.3 is 0 Å². The molecule has 3 amide bonds. The van der Waals surface area contributed by atoms with Crippen molar-refractivity contribution in [2.75, 3.05) is 23.8 Å². The van der Waals surface area contributed by atoms with E-state index in [4.69, 9.17) is 4.74 Å². The summed E-state index contributed by atoms with van der Waals surface area (Å²) in [6, 6.07) is 6.66. The average molecular weight is 497 g/mol. The lowest BCUT2D eigenvalue weighted by Crippen LogP contribution is -2.48. The molecular weight excluding hydrogens is 464 g/mol. The van der Waals surface area contributed by atoms with Gasteiger partial charge in [0.1, 0.15) is 10.9 Å². The maximum absolute atomic E-state index is 13.5. The van der Waals surface area contributed by atoms with Crippen molar-refractivity contribution in [3.63, 3.8) is 0 Å². The lowest BCUT2D eigenvalue weighted by atomic mass is 9.75. The first kappa shape index (κ1) is 23.9. The van der Waals surface area contributed by atoms with Crippen molar-refractivity contribution in [2.45, 2.75) is 69.2 Å². The van der Waals surface area contributed by atoms with Gasteiger partial charge in [0.05, 0.1) is 5.41 Å². The highest BCUT2D eigenvalue weighted by atomic mass is 32.1. The van der Waals surface area contributed by atoms with Crippen LogP contribution in [0.2, 0.25) is 0 Å². The van der Waals surface area contributed by atoms with E-state index >= 15 is 0 Å². The minimum atomic E-state index is -0.632. The summed E-state index contributed by atoms with van der Waals surface area (Å²) in [5.41, 5.74) is 1.78. The van der Waals surface area contributed by atoms with Crippen LogP contribution in [0.4, 0.5) is 11.4 Å². The summed E-state index contributed by atoms with van der Waals surface area (Å²) < 4.78 is 9.50. The van der Waals surface area contributed by atoms with Gasteiger partial charge in [0.15, 0.2) is 0 Å². The molecular formula is C26H32N4O4S. The van der Waals surface area contributed by atoms with E-state index in [1.54, 1.807) is 12.3 Å². The monoisotopic (exact) mass is 496 g/mol. The van der Waals surface area contributed by atoms with Crippen LogP contribution in [-0.2, 0) is 19.7 Å². The summed E-state index contributed by atoms with van der Waals surface area (Å²) in [5.74, 6) is -0.411. The van der Waals surface area contributed by atoms with Crippen LogP contribution >= 0.6 is 11.5 Å². The third-order valence-electron chi connectivity index (χ3n) is 7.68. The lowest BCUT2D eigenvalue weighted by molar-refractivity contribution is -0.124. The third-order valence-corrected chi connectivity index (χ3v) is 8.43. The maximum Gasteiger partial charge on any atom is 0.263 e. The quantitative estimate of drug-likeness (QED) is 0.574. The van der Waals surface area contributed by atoms with Crippen molar-refractivity contribution in [3.8, 4) is 0 Å². The fraction of sp³-hybridized carbons (Fsp3) is 0.538. The second kappa shape index (κ2) is 10.5. The fourth-order valence-corrected chi connectivity index (χ4v) is 6.21. The summed E-state index contributed by atoms with van der Waals surface area (Å²) in [7, 11) is 0. The zero-order valence-corrected chi connectivity index (χ0v) is 20.6. The van der Waals surface area contributed by atoms with Crippen molar-refractivity contribution >= 4 is 40.6 Å². The number of carbonyl (C=O) groups excluding carboxylic acids is 3. The number of anilines is 2. The topological polar surface area (TPSA) is 109 Å². The third kappa shape index (κ3) is 4.97. The van der Waals surface area contributed by atoms with Gasteiger partial charge in [0.2, 0.25) is 11.8 Å². The summed E-state index contributed by atoms with van der Waals surface area (Å²) in [5, 5.41) is 9.03. The van der Waals surface area contributed by atoms with Crippen LogP contribution in [0.15, 0.2) is 30.5 Å². The Bertz CT molecular complexity index is 1070. The molecule has 8 nitrogen and oxygen atoms in total. The molecule has 186 valence electrons. The van der Waals surface area contributed by atoms with Crippen LogP contribution < -0.4 is 16.0 Å². The average Bonchev–Trinajstić information content (AvgIpc) is 3.46. The van der Waals surface area contributed by atoms with E-state index in [-0.39, 0.29) is 23.6 Å². The highest BCUT2D eigenvalue weighted by Gasteiger charge is 2.47. The van der Waals surface area contributed by atoms with Gasteiger partial charge in [-0.3, -0.25) is 14.4 Å². The summed E-state index contributed by atoms with van der Waals surface area (Å²) in [6.45, 7) is 1.13. The Kier molecular flexibility index (Phi) is 7.15. The van der Waals surface area contributed by atoms with Crippen LogP contribution in [0, 0.1) is 5.92 Å². The predicted octanol–water partition coefficient (Wildman–Crippen LogP) is 4.24. The number of nitrogens with one attached hydrogen (secondary N) is 3. The first-order valence-corrected chi connectivity index (χ1v) is 13.4. The number of aromatic nitrogens is 1. The predicted molar refractivity (Wildman–Crippen MR) is 135 cm³/mol. The number of benzene rings is 1. The number of amides is 3. The van der Waals surface area contributed by atoms with Crippen LogP contribution in [0.1, 0.15) is 73.0 Å². The molecule has 1 saturated heterocycles. The molecule has 9 heteroatoms. The molecule has 3 aliphatic rings. The van der Waals surface area contributed by atoms with Crippen LogP contribution in [0.3, 0.4) is 0 Å². The number of fused-ring (bicyclic) bond motifs is 2. The van der Waals surface area contributed by atoms with Crippen molar-refractivity contribution in [1.29, 1.82) is 0 Å². The molecule has 1 atom stereocenters. The Morgan fingerprint density at radius 2 is 1.83 bits per heavy atom. The number of nitrogens with zero attached hydrogens (tertiary/aromatic N) is 1. The number of carbonyl (C=O) groups is 3. The highest BCUT2D eigenvalue weighted by Crippen LogP contribution is 2.45. The Labute approximate surface area is 209 Å². The van der Waals surface area contributed by atoms with Gasteiger partial charge < -0.3 is 20.7 Å². The van der Waals surface area contributed by atoms with E-state index in [2.05, 4.69) is 20.3 Å². The molecule has 2 aliphatic heterocycles. The smallest absolute Gasteiger partial charge is 0.263 e. The van der Waals surface area contributed by atoms with Gasteiger partial charge in [-0.25, -0.2) is 4.37 Å². The van der Waals surface area contributed by atoms with E-state index in [1.165, 1.54) is 6.42 Å². The summed E-state index contributed by atoms with van der Waals surface area (Å²) >= 11 is 1.12. The molecule has 0 radical (unpaired) electrons. The van der Waals surface area contributed by atoms with Gasteiger partial charge in [-0.05, 0) is 66.9 Å². The van der Waals surface area contributed by atoms with E-state index in [0.29, 0.717) is 36.6 Å².